The van der Waals surface area contributed by atoms with Crippen LogP contribution in [0, 0.1) is 11.8 Å². The van der Waals surface area contributed by atoms with Crippen molar-refractivity contribution in [1.29, 1.82) is 0 Å². The maximum atomic E-state index is 5.52. The number of nitrogens with one attached hydrogen (secondary N) is 2. The quantitative estimate of drug-likeness (QED) is 0.361. The van der Waals surface area contributed by atoms with E-state index in [-0.39, 0.29) is 0 Å². The Balaban J connectivity index is 1.90. The molecule has 3 nitrogen and oxygen atoms in total. The third-order valence-electron chi connectivity index (χ3n) is 5.03. The predicted octanol–water partition coefficient (Wildman–Crippen LogP) is 4.37. The molecule has 0 radical (unpaired) electrons. The largest absolute Gasteiger partial charge is 0.330 e. The fraction of sp³-hybridized carbons (Fsp3) is 0.739. The highest BCUT2D eigenvalue weighted by molar-refractivity contribution is 5.14. The van der Waals surface area contributed by atoms with Crippen molar-refractivity contribution in [2.45, 2.75) is 65.2 Å². The molecule has 0 amide bonds. The summed E-state index contributed by atoms with van der Waals surface area (Å²) in [7, 11) is 0. The van der Waals surface area contributed by atoms with Gasteiger partial charge in [0.2, 0.25) is 0 Å². The van der Waals surface area contributed by atoms with Gasteiger partial charge in [0.25, 0.3) is 0 Å². The molecule has 1 aromatic rings. The van der Waals surface area contributed by atoms with E-state index >= 15 is 0 Å². The molecule has 1 aromatic carbocycles. The molecule has 0 heterocycles. The molecule has 0 bridgehead atoms. The van der Waals surface area contributed by atoms with Gasteiger partial charge in [0.05, 0.1) is 0 Å². The summed E-state index contributed by atoms with van der Waals surface area (Å²) >= 11 is 0. The summed E-state index contributed by atoms with van der Waals surface area (Å²) in [5.74, 6) is 1.50. The van der Waals surface area contributed by atoms with Crippen LogP contribution >= 0.6 is 0 Å². The number of unbranched alkanes of at least 4 members (excludes halogenated alkanes) is 5. The normalized spacial score (nSPS) is 13.7. The van der Waals surface area contributed by atoms with Gasteiger partial charge in [-0.25, -0.2) is 0 Å². The summed E-state index contributed by atoms with van der Waals surface area (Å²) in [4.78, 5) is 0. The molecule has 0 saturated carbocycles. The summed E-state index contributed by atoms with van der Waals surface area (Å²) in [5.41, 5.74) is 6.94. The zero-order valence-electron chi connectivity index (χ0n) is 17.3. The smallest absolute Gasteiger partial charge is 0.000824 e. The minimum atomic E-state index is 0.741. The van der Waals surface area contributed by atoms with Crippen molar-refractivity contribution >= 4 is 0 Å². The lowest BCUT2D eigenvalue weighted by Gasteiger charge is -2.18. The first-order valence-corrected chi connectivity index (χ1v) is 10.9. The van der Waals surface area contributed by atoms with Crippen LogP contribution in [0.2, 0.25) is 0 Å². The van der Waals surface area contributed by atoms with Gasteiger partial charge >= 0.3 is 0 Å². The van der Waals surface area contributed by atoms with Gasteiger partial charge in [-0.2, -0.15) is 0 Å². The number of hydrogen-bond donors (Lipinski definition) is 3. The highest BCUT2D eigenvalue weighted by Gasteiger charge is 2.08. The Morgan fingerprint density at radius 2 is 1.35 bits per heavy atom. The Bertz CT molecular complexity index is 407. The van der Waals surface area contributed by atoms with Gasteiger partial charge in [0.1, 0.15) is 0 Å². The van der Waals surface area contributed by atoms with Gasteiger partial charge in [-0.1, -0.05) is 69.9 Å². The molecule has 2 atom stereocenters. The van der Waals surface area contributed by atoms with Crippen LogP contribution in [0.25, 0.3) is 0 Å². The molecule has 3 heteroatoms. The molecule has 2 unspecified atom stereocenters. The van der Waals surface area contributed by atoms with Gasteiger partial charge in [-0.15, -0.1) is 0 Å². The van der Waals surface area contributed by atoms with Crippen molar-refractivity contribution in [3.05, 3.63) is 35.9 Å². The second kappa shape index (κ2) is 16.3. The van der Waals surface area contributed by atoms with E-state index < -0.39 is 0 Å². The van der Waals surface area contributed by atoms with Gasteiger partial charge < -0.3 is 16.4 Å². The summed E-state index contributed by atoms with van der Waals surface area (Å²) in [6.07, 6.45) is 10.3. The molecule has 0 aromatic heterocycles. The van der Waals surface area contributed by atoms with Crippen LogP contribution in [0.15, 0.2) is 30.3 Å². The molecule has 0 saturated heterocycles. The van der Waals surface area contributed by atoms with Gasteiger partial charge in [-0.3, -0.25) is 0 Å². The standard InChI is InChI=1S/C23H43N3/c1-21(19-25-16-11-6-4-3-5-10-15-24)18-22(2)20-26-17-14-23-12-8-7-9-13-23/h7-9,12-13,21-22,25-26H,3-6,10-11,14-20,24H2,1-2H3. The molecule has 26 heavy (non-hydrogen) atoms. The predicted molar refractivity (Wildman–Crippen MR) is 116 cm³/mol. The van der Waals surface area contributed by atoms with E-state index in [1.165, 1.54) is 57.1 Å². The van der Waals surface area contributed by atoms with E-state index in [9.17, 15) is 0 Å². The van der Waals surface area contributed by atoms with E-state index in [0.29, 0.717) is 0 Å². The second-order valence-electron chi connectivity index (χ2n) is 8.00. The van der Waals surface area contributed by atoms with Crippen molar-refractivity contribution in [3.63, 3.8) is 0 Å². The lowest BCUT2D eigenvalue weighted by molar-refractivity contribution is 0.379. The minimum Gasteiger partial charge on any atom is -0.330 e. The highest BCUT2D eigenvalue weighted by atomic mass is 14.9. The van der Waals surface area contributed by atoms with Crippen molar-refractivity contribution in [2.75, 3.05) is 32.7 Å². The maximum absolute atomic E-state index is 5.52. The first-order valence-electron chi connectivity index (χ1n) is 10.9. The summed E-state index contributed by atoms with van der Waals surface area (Å²) < 4.78 is 0. The van der Waals surface area contributed by atoms with Crippen molar-refractivity contribution in [2.24, 2.45) is 17.6 Å². The maximum Gasteiger partial charge on any atom is -0.000824 e. The molecule has 150 valence electrons. The number of nitrogens with two attached hydrogens (primary N) is 1. The van der Waals surface area contributed by atoms with Crippen LogP contribution in [0.3, 0.4) is 0 Å². The molecule has 1 rings (SSSR count). The minimum absolute atomic E-state index is 0.741. The number of hydrogen-bond acceptors (Lipinski definition) is 3. The van der Waals surface area contributed by atoms with E-state index in [4.69, 9.17) is 5.73 Å². The number of benzene rings is 1. The molecular weight excluding hydrogens is 318 g/mol. The molecule has 0 aliphatic heterocycles. The third-order valence-corrected chi connectivity index (χ3v) is 5.03. The lowest BCUT2D eigenvalue weighted by Crippen LogP contribution is -2.28. The van der Waals surface area contributed by atoms with Gasteiger partial charge in [0.15, 0.2) is 0 Å². The third kappa shape index (κ3) is 13.3. The van der Waals surface area contributed by atoms with Crippen LogP contribution in [0.5, 0.6) is 0 Å². The van der Waals surface area contributed by atoms with Crippen molar-refractivity contribution in [3.8, 4) is 0 Å². The lowest BCUT2D eigenvalue weighted by atomic mass is 9.97. The Labute approximate surface area is 162 Å². The molecular formula is C23H43N3. The number of rotatable bonds is 17. The van der Waals surface area contributed by atoms with Gasteiger partial charge in [-0.05, 0) is 75.8 Å². The highest BCUT2D eigenvalue weighted by Crippen LogP contribution is 2.10. The summed E-state index contributed by atoms with van der Waals surface area (Å²) in [6.45, 7) is 10.1. The second-order valence-corrected chi connectivity index (χ2v) is 8.00. The fourth-order valence-electron chi connectivity index (χ4n) is 3.53. The van der Waals surface area contributed by atoms with E-state index in [1.807, 2.05) is 0 Å². The summed E-state index contributed by atoms with van der Waals surface area (Å²) in [5, 5.41) is 7.26. The van der Waals surface area contributed by atoms with E-state index in [0.717, 1.165) is 44.4 Å². The van der Waals surface area contributed by atoms with Crippen molar-refractivity contribution < 1.29 is 0 Å². The van der Waals surface area contributed by atoms with Gasteiger partial charge in [0, 0.05) is 0 Å². The van der Waals surface area contributed by atoms with Crippen LogP contribution in [0.1, 0.15) is 64.4 Å². The Morgan fingerprint density at radius 3 is 2.00 bits per heavy atom. The molecule has 0 aliphatic rings. The first kappa shape index (κ1) is 23.1. The SMILES string of the molecule is CC(CNCCCCCCCCN)CC(C)CNCCc1ccccc1. The van der Waals surface area contributed by atoms with Crippen LogP contribution in [0.4, 0.5) is 0 Å². The molecule has 0 fully saturated rings. The average Bonchev–Trinajstić information content (AvgIpc) is 2.65. The molecule has 0 spiro atoms. The van der Waals surface area contributed by atoms with Crippen molar-refractivity contribution in [1.82, 2.24) is 10.6 Å². The molecule has 4 N–H and O–H groups in total. The summed E-state index contributed by atoms with van der Waals surface area (Å²) in [6, 6.07) is 10.7. The zero-order valence-corrected chi connectivity index (χ0v) is 17.3. The zero-order chi connectivity index (χ0) is 18.9. The Hall–Kier alpha value is -0.900. The van der Waals surface area contributed by atoms with E-state index in [2.05, 4.69) is 54.8 Å². The monoisotopic (exact) mass is 361 g/mol. The van der Waals surface area contributed by atoms with Crippen LogP contribution in [-0.2, 0) is 6.42 Å². The van der Waals surface area contributed by atoms with E-state index in [1.54, 1.807) is 0 Å². The van der Waals surface area contributed by atoms with Crippen LogP contribution < -0.4 is 16.4 Å². The Morgan fingerprint density at radius 1 is 0.769 bits per heavy atom. The topological polar surface area (TPSA) is 50.1 Å². The fourth-order valence-corrected chi connectivity index (χ4v) is 3.53. The molecule has 0 aliphatic carbocycles. The van der Waals surface area contributed by atoms with Crippen LogP contribution in [-0.4, -0.2) is 32.7 Å². The average molecular weight is 362 g/mol. The first-order chi connectivity index (χ1) is 12.7. The Kier molecular flexibility index (Phi) is 14.5.